The Morgan fingerprint density at radius 1 is 0.933 bits per heavy atom. The fourth-order valence-corrected chi connectivity index (χ4v) is 3.38. The van der Waals surface area contributed by atoms with Crippen LogP contribution >= 0.6 is 27.3 Å². The van der Waals surface area contributed by atoms with Gasteiger partial charge in [0.15, 0.2) is 0 Å². The summed E-state index contributed by atoms with van der Waals surface area (Å²) in [7, 11) is 0. The lowest BCUT2D eigenvalue weighted by atomic mass is 10.1. The molecule has 0 amide bonds. The highest BCUT2D eigenvalue weighted by atomic mass is 79.9. The van der Waals surface area contributed by atoms with Gasteiger partial charge in [0.25, 0.3) is 0 Å². The summed E-state index contributed by atoms with van der Waals surface area (Å²) >= 11 is 5.20. The Morgan fingerprint density at radius 2 is 1.80 bits per heavy atom. The van der Waals surface area contributed by atoms with E-state index in [9.17, 15) is 5.11 Å². The van der Waals surface area contributed by atoms with Gasteiger partial charge in [0.2, 0.25) is 0 Å². The topological polar surface area (TPSA) is 20.2 Å². The summed E-state index contributed by atoms with van der Waals surface area (Å²) in [5, 5.41) is 11.8. The van der Waals surface area contributed by atoms with Crippen LogP contribution in [0.2, 0.25) is 0 Å². The van der Waals surface area contributed by atoms with Crippen LogP contribution in [0.1, 0.15) is 0 Å². The molecular formula is C12H7BrOS. The van der Waals surface area contributed by atoms with Gasteiger partial charge in [0, 0.05) is 24.6 Å². The predicted octanol–water partition coefficient (Wildman–Crippen LogP) is 4.52. The van der Waals surface area contributed by atoms with Crippen molar-refractivity contribution in [3.05, 3.63) is 40.9 Å². The number of thiophene rings is 1. The van der Waals surface area contributed by atoms with Gasteiger partial charge in [0.1, 0.15) is 5.75 Å². The van der Waals surface area contributed by atoms with E-state index in [0.29, 0.717) is 5.75 Å². The van der Waals surface area contributed by atoms with Crippen LogP contribution < -0.4 is 0 Å². The van der Waals surface area contributed by atoms with Gasteiger partial charge in [-0.25, -0.2) is 0 Å². The third-order valence-electron chi connectivity index (χ3n) is 2.42. The van der Waals surface area contributed by atoms with Gasteiger partial charge in [-0.1, -0.05) is 22.0 Å². The van der Waals surface area contributed by atoms with E-state index in [1.54, 1.807) is 17.4 Å². The van der Waals surface area contributed by atoms with Crippen LogP contribution in [0.5, 0.6) is 5.75 Å². The number of hydrogen-bond donors (Lipinski definition) is 1. The molecule has 1 heterocycles. The molecule has 0 aliphatic rings. The van der Waals surface area contributed by atoms with E-state index in [1.807, 2.05) is 18.2 Å². The average molecular weight is 279 g/mol. The summed E-state index contributed by atoms with van der Waals surface area (Å²) in [5.41, 5.74) is 0. The molecule has 3 heteroatoms. The van der Waals surface area contributed by atoms with Crippen molar-refractivity contribution in [1.82, 2.24) is 0 Å². The van der Waals surface area contributed by atoms with E-state index in [4.69, 9.17) is 0 Å². The molecule has 1 nitrogen and oxygen atoms in total. The summed E-state index contributed by atoms with van der Waals surface area (Å²) in [6.45, 7) is 0. The molecule has 0 aliphatic carbocycles. The summed E-state index contributed by atoms with van der Waals surface area (Å²) in [5.74, 6) is 0.324. The monoisotopic (exact) mass is 278 g/mol. The van der Waals surface area contributed by atoms with E-state index in [0.717, 1.165) is 9.86 Å². The maximum absolute atomic E-state index is 9.46. The number of aromatic hydroxyl groups is 1. The van der Waals surface area contributed by atoms with Crippen LogP contribution in [0.15, 0.2) is 40.9 Å². The number of phenols is 1. The average Bonchev–Trinajstić information content (AvgIpc) is 2.54. The summed E-state index contributed by atoms with van der Waals surface area (Å²) in [4.78, 5) is 0. The minimum atomic E-state index is 0.324. The standard InChI is InChI=1S/C12H7BrOS/c13-7-1-3-9-10-6-8(14)2-4-11(10)15-12(9)5-7/h1-6,14H. The van der Waals surface area contributed by atoms with Crippen molar-refractivity contribution < 1.29 is 5.11 Å². The third kappa shape index (κ3) is 1.43. The molecule has 0 unspecified atom stereocenters. The maximum atomic E-state index is 9.46. The van der Waals surface area contributed by atoms with E-state index >= 15 is 0 Å². The highest BCUT2D eigenvalue weighted by Gasteiger charge is 2.05. The van der Waals surface area contributed by atoms with Gasteiger partial charge in [-0.3, -0.25) is 0 Å². The van der Waals surface area contributed by atoms with E-state index in [2.05, 4.69) is 28.1 Å². The fourth-order valence-electron chi connectivity index (χ4n) is 1.74. The van der Waals surface area contributed by atoms with Gasteiger partial charge >= 0.3 is 0 Å². The Hall–Kier alpha value is -1.06. The lowest BCUT2D eigenvalue weighted by Gasteiger charge is -1.93. The van der Waals surface area contributed by atoms with Crippen molar-refractivity contribution in [3.63, 3.8) is 0 Å². The SMILES string of the molecule is Oc1ccc2sc3cc(Br)ccc3c2c1. The van der Waals surface area contributed by atoms with Crippen molar-refractivity contribution in [2.24, 2.45) is 0 Å². The molecule has 2 aromatic carbocycles. The lowest BCUT2D eigenvalue weighted by Crippen LogP contribution is -1.67. The number of halogens is 1. The Morgan fingerprint density at radius 3 is 2.67 bits per heavy atom. The normalized spacial score (nSPS) is 11.3. The Kier molecular flexibility index (Phi) is 1.97. The van der Waals surface area contributed by atoms with Gasteiger partial charge in [-0.05, 0) is 30.3 Å². The molecule has 0 saturated carbocycles. The van der Waals surface area contributed by atoms with Crippen molar-refractivity contribution in [2.45, 2.75) is 0 Å². The van der Waals surface area contributed by atoms with Crippen LogP contribution in [0.3, 0.4) is 0 Å². The summed E-state index contributed by atoms with van der Waals surface area (Å²) < 4.78 is 3.54. The van der Waals surface area contributed by atoms with Crippen molar-refractivity contribution in [2.75, 3.05) is 0 Å². The minimum absolute atomic E-state index is 0.324. The first-order valence-electron chi connectivity index (χ1n) is 4.55. The Balaban J connectivity index is 2.53. The number of rotatable bonds is 0. The molecule has 0 bridgehead atoms. The van der Waals surface area contributed by atoms with Gasteiger partial charge < -0.3 is 5.11 Å². The predicted molar refractivity (Wildman–Crippen MR) is 68.7 cm³/mol. The fraction of sp³-hybridized carbons (Fsp3) is 0. The van der Waals surface area contributed by atoms with Crippen LogP contribution in [0, 0.1) is 0 Å². The first-order valence-corrected chi connectivity index (χ1v) is 6.16. The molecule has 3 rings (SSSR count). The third-order valence-corrected chi connectivity index (χ3v) is 4.04. The van der Waals surface area contributed by atoms with E-state index in [-0.39, 0.29) is 0 Å². The number of phenolic OH excluding ortho intramolecular Hbond substituents is 1. The first-order chi connectivity index (χ1) is 7.24. The van der Waals surface area contributed by atoms with Gasteiger partial charge in [-0.15, -0.1) is 11.3 Å². The Bertz CT molecular complexity index is 657. The second-order valence-electron chi connectivity index (χ2n) is 3.42. The molecular weight excluding hydrogens is 272 g/mol. The highest BCUT2D eigenvalue weighted by molar-refractivity contribution is 9.10. The molecule has 0 aliphatic heterocycles. The van der Waals surface area contributed by atoms with Crippen LogP contribution in [0.25, 0.3) is 20.2 Å². The molecule has 15 heavy (non-hydrogen) atoms. The van der Waals surface area contributed by atoms with Crippen molar-refractivity contribution >= 4 is 47.4 Å². The molecule has 1 aromatic heterocycles. The number of benzene rings is 2. The van der Waals surface area contributed by atoms with Gasteiger partial charge in [0.05, 0.1) is 0 Å². The van der Waals surface area contributed by atoms with Crippen LogP contribution in [0.4, 0.5) is 0 Å². The highest BCUT2D eigenvalue weighted by Crippen LogP contribution is 2.36. The first kappa shape index (κ1) is 9.19. The van der Waals surface area contributed by atoms with Crippen molar-refractivity contribution in [3.8, 4) is 5.75 Å². The molecule has 0 fully saturated rings. The zero-order valence-electron chi connectivity index (χ0n) is 7.70. The quantitative estimate of drug-likeness (QED) is 0.641. The zero-order valence-corrected chi connectivity index (χ0v) is 10.1. The smallest absolute Gasteiger partial charge is 0.116 e. The largest absolute Gasteiger partial charge is 0.508 e. The lowest BCUT2D eigenvalue weighted by molar-refractivity contribution is 0.476. The second-order valence-corrected chi connectivity index (χ2v) is 5.42. The molecule has 0 radical (unpaired) electrons. The van der Waals surface area contributed by atoms with Crippen LogP contribution in [-0.4, -0.2) is 5.11 Å². The van der Waals surface area contributed by atoms with Crippen molar-refractivity contribution in [1.29, 1.82) is 0 Å². The summed E-state index contributed by atoms with van der Waals surface area (Å²) in [6, 6.07) is 11.7. The maximum Gasteiger partial charge on any atom is 0.116 e. The number of hydrogen-bond acceptors (Lipinski definition) is 2. The van der Waals surface area contributed by atoms with E-state index in [1.165, 1.54) is 14.8 Å². The molecule has 3 aromatic rings. The number of fused-ring (bicyclic) bond motifs is 3. The molecule has 0 saturated heterocycles. The Labute approximate surface area is 99.1 Å². The zero-order chi connectivity index (χ0) is 10.4. The van der Waals surface area contributed by atoms with E-state index < -0.39 is 0 Å². The molecule has 1 N–H and O–H groups in total. The second kappa shape index (κ2) is 3.22. The minimum Gasteiger partial charge on any atom is -0.508 e. The van der Waals surface area contributed by atoms with Gasteiger partial charge in [-0.2, -0.15) is 0 Å². The molecule has 0 atom stereocenters. The molecule has 74 valence electrons. The van der Waals surface area contributed by atoms with Crippen LogP contribution in [-0.2, 0) is 0 Å². The molecule has 0 spiro atoms. The summed E-state index contributed by atoms with van der Waals surface area (Å²) in [6.07, 6.45) is 0.